The van der Waals surface area contributed by atoms with E-state index < -0.39 is 16.1 Å². The first-order valence-corrected chi connectivity index (χ1v) is 10.1. The summed E-state index contributed by atoms with van der Waals surface area (Å²) in [6, 6.07) is 6.18. The van der Waals surface area contributed by atoms with Gasteiger partial charge in [-0.05, 0) is 34.1 Å². The number of aromatic hydroxyl groups is 1. The number of nitrogens with one attached hydrogen (secondary N) is 2. The number of carbonyl (C=O) groups excluding carboxylic acids is 1. The predicted octanol–water partition coefficient (Wildman–Crippen LogP) is 1.71. The number of anilines is 1. The lowest BCUT2D eigenvalue weighted by molar-refractivity contribution is 0.0824. The number of aliphatic imine (C=N–C) groups is 1. The summed E-state index contributed by atoms with van der Waals surface area (Å²) < 4.78 is 35.4. The Labute approximate surface area is 169 Å². The van der Waals surface area contributed by atoms with Gasteiger partial charge in [0.2, 0.25) is 0 Å². The standard InChI is InChI=1S/C16H16BrN5O5S/c1-22(2)16(24)11-4-3-5-12(13(11)23)19-15-14(20-28(25,26)21-15)18-7-10-6-9(17)8-27-10/h3-6,8,23H,7H2,1-2H3,(H,18,20)(H,19,21). The van der Waals surface area contributed by atoms with Crippen molar-refractivity contribution in [3.63, 3.8) is 0 Å². The van der Waals surface area contributed by atoms with Gasteiger partial charge in [-0.1, -0.05) is 6.07 Å². The van der Waals surface area contributed by atoms with Gasteiger partial charge in [-0.25, -0.2) is 4.72 Å². The fourth-order valence-electron chi connectivity index (χ4n) is 2.33. The van der Waals surface area contributed by atoms with Gasteiger partial charge in [-0.15, -0.1) is 4.40 Å². The number of carbonyl (C=O) groups is 1. The average molecular weight is 470 g/mol. The fraction of sp³-hybridized carbons (Fsp3) is 0.188. The number of halogens is 1. The Kier molecular flexibility index (Phi) is 5.42. The highest BCUT2D eigenvalue weighted by molar-refractivity contribution is 9.10. The van der Waals surface area contributed by atoms with Crippen LogP contribution < -0.4 is 10.0 Å². The number of phenolic OH excluding ortho intramolecular Hbond substituents is 1. The molecule has 0 aliphatic carbocycles. The van der Waals surface area contributed by atoms with Crippen molar-refractivity contribution in [2.75, 3.05) is 19.4 Å². The Morgan fingerprint density at radius 3 is 2.82 bits per heavy atom. The van der Waals surface area contributed by atoms with Gasteiger partial charge in [0.1, 0.15) is 12.0 Å². The summed E-state index contributed by atoms with van der Waals surface area (Å²) in [5, 5.41) is 13.1. The van der Waals surface area contributed by atoms with Crippen molar-refractivity contribution in [3.05, 3.63) is 46.3 Å². The summed E-state index contributed by atoms with van der Waals surface area (Å²) in [7, 11) is -0.863. The van der Waals surface area contributed by atoms with E-state index in [1.807, 2.05) is 0 Å². The number of hydrogen-bond donors (Lipinski definition) is 3. The highest BCUT2D eigenvalue weighted by Crippen LogP contribution is 2.28. The molecule has 3 N–H and O–H groups in total. The summed E-state index contributed by atoms with van der Waals surface area (Å²) in [5.74, 6) is -0.391. The van der Waals surface area contributed by atoms with Crippen LogP contribution in [0.2, 0.25) is 0 Å². The summed E-state index contributed by atoms with van der Waals surface area (Å²) in [6.07, 6.45) is 1.48. The van der Waals surface area contributed by atoms with Gasteiger partial charge < -0.3 is 19.7 Å². The number of nitrogens with zero attached hydrogens (tertiary/aromatic N) is 3. The van der Waals surface area contributed by atoms with Crippen molar-refractivity contribution < 1.29 is 22.7 Å². The van der Waals surface area contributed by atoms with E-state index in [-0.39, 0.29) is 35.2 Å². The molecule has 0 saturated heterocycles. The molecule has 1 aromatic carbocycles. The van der Waals surface area contributed by atoms with Crippen LogP contribution in [-0.4, -0.2) is 50.1 Å². The van der Waals surface area contributed by atoms with Crippen LogP contribution >= 0.6 is 15.9 Å². The summed E-state index contributed by atoms with van der Waals surface area (Å²) >= 11 is 3.25. The van der Waals surface area contributed by atoms with Crippen LogP contribution in [0.4, 0.5) is 5.69 Å². The Hall–Kier alpha value is -2.86. The normalized spacial score (nSPS) is 16.5. The smallest absolute Gasteiger partial charge is 0.345 e. The number of rotatable bonds is 4. The molecule has 0 saturated carbocycles. The topological polar surface area (TPSA) is 137 Å². The quantitative estimate of drug-likeness (QED) is 0.582. The molecule has 1 aliphatic heterocycles. The summed E-state index contributed by atoms with van der Waals surface area (Å²) in [4.78, 5) is 17.6. The lowest BCUT2D eigenvalue weighted by atomic mass is 10.1. The molecular formula is C16H16BrN5O5S. The van der Waals surface area contributed by atoms with Gasteiger partial charge in [-0.2, -0.15) is 8.42 Å². The third-order valence-corrected chi connectivity index (χ3v) is 4.89. The third kappa shape index (κ3) is 4.34. The maximum absolute atomic E-state index is 12.1. The molecule has 12 heteroatoms. The molecule has 0 unspecified atom stereocenters. The molecule has 10 nitrogen and oxygen atoms in total. The highest BCUT2D eigenvalue weighted by atomic mass is 79.9. The minimum absolute atomic E-state index is 0.0451. The van der Waals surface area contributed by atoms with Crippen LogP contribution in [0.25, 0.3) is 0 Å². The molecule has 1 amide bonds. The van der Waals surface area contributed by atoms with Gasteiger partial charge >= 0.3 is 10.2 Å². The predicted molar refractivity (Wildman–Crippen MR) is 107 cm³/mol. The fourth-order valence-corrected chi connectivity index (χ4v) is 3.50. The van der Waals surface area contributed by atoms with Gasteiger partial charge in [0, 0.05) is 14.1 Å². The number of para-hydroxylation sites is 1. The minimum Gasteiger partial charge on any atom is -0.505 e. The van der Waals surface area contributed by atoms with Crippen LogP contribution in [0.1, 0.15) is 16.1 Å². The molecule has 0 spiro atoms. The van der Waals surface area contributed by atoms with Crippen LogP contribution in [0.15, 0.2) is 48.8 Å². The molecule has 0 atom stereocenters. The van der Waals surface area contributed by atoms with Gasteiger partial charge in [0.15, 0.2) is 17.4 Å². The van der Waals surface area contributed by atoms with E-state index in [4.69, 9.17) is 4.42 Å². The maximum Gasteiger partial charge on any atom is 0.345 e. The molecule has 2 heterocycles. The van der Waals surface area contributed by atoms with Crippen molar-refractivity contribution in [1.29, 1.82) is 0 Å². The zero-order valence-corrected chi connectivity index (χ0v) is 17.2. The first kappa shape index (κ1) is 19.9. The maximum atomic E-state index is 12.1. The van der Waals surface area contributed by atoms with Crippen LogP contribution in [-0.2, 0) is 16.8 Å². The molecule has 0 radical (unpaired) electrons. The second-order valence-corrected chi connectivity index (χ2v) is 8.19. The number of hydrogen-bond acceptors (Lipinski definition) is 7. The molecule has 148 valence electrons. The first-order valence-electron chi connectivity index (χ1n) is 7.87. The SMILES string of the molecule is CN(C)C(=O)c1cccc(NC2=NS(=O)(=O)NC2=NCc2cc(Br)co2)c1O. The largest absolute Gasteiger partial charge is 0.505 e. The van der Waals surface area contributed by atoms with E-state index in [0.29, 0.717) is 5.76 Å². The zero-order chi connectivity index (χ0) is 20.5. The van der Waals surface area contributed by atoms with Crippen molar-refractivity contribution in [1.82, 2.24) is 9.62 Å². The zero-order valence-electron chi connectivity index (χ0n) is 14.8. The summed E-state index contributed by atoms with van der Waals surface area (Å²) in [6.45, 7) is 0.0648. The second kappa shape index (κ2) is 7.64. The van der Waals surface area contributed by atoms with Crippen molar-refractivity contribution in [2.45, 2.75) is 6.54 Å². The number of phenols is 1. The first-order chi connectivity index (χ1) is 13.2. The molecule has 1 aromatic heterocycles. The van der Waals surface area contributed by atoms with Crippen molar-refractivity contribution >= 4 is 49.4 Å². The average Bonchev–Trinajstić information content (AvgIpc) is 3.16. The summed E-state index contributed by atoms with van der Waals surface area (Å²) in [5.41, 5.74) is 0.169. The number of amides is 1. The van der Waals surface area contributed by atoms with Gasteiger partial charge in [0.05, 0.1) is 22.3 Å². The molecule has 3 rings (SSSR count). The lowest BCUT2D eigenvalue weighted by Gasteiger charge is -2.14. The molecular weight excluding hydrogens is 454 g/mol. The van der Waals surface area contributed by atoms with Crippen molar-refractivity contribution in [3.8, 4) is 5.75 Å². The molecule has 2 aromatic rings. The second-order valence-electron chi connectivity index (χ2n) is 5.94. The van der Waals surface area contributed by atoms with E-state index in [1.54, 1.807) is 26.2 Å². The third-order valence-electron chi connectivity index (χ3n) is 3.60. The van der Waals surface area contributed by atoms with Crippen molar-refractivity contribution in [2.24, 2.45) is 9.39 Å². The molecule has 0 bridgehead atoms. The van der Waals surface area contributed by atoms with Crippen LogP contribution in [0, 0.1) is 0 Å². The molecule has 1 aliphatic rings. The van der Waals surface area contributed by atoms with Gasteiger partial charge in [-0.3, -0.25) is 9.79 Å². The Morgan fingerprint density at radius 1 is 1.43 bits per heavy atom. The van der Waals surface area contributed by atoms with E-state index in [1.165, 1.54) is 23.3 Å². The highest BCUT2D eigenvalue weighted by Gasteiger charge is 2.27. The molecule has 0 fully saturated rings. The monoisotopic (exact) mass is 469 g/mol. The minimum atomic E-state index is -3.97. The lowest BCUT2D eigenvalue weighted by Crippen LogP contribution is -2.30. The van der Waals surface area contributed by atoms with E-state index in [9.17, 15) is 18.3 Å². The number of amidine groups is 2. The Balaban J connectivity index is 1.89. The van der Waals surface area contributed by atoms with E-state index in [2.05, 4.69) is 35.4 Å². The Bertz CT molecular complexity index is 1090. The van der Waals surface area contributed by atoms with E-state index >= 15 is 0 Å². The van der Waals surface area contributed by atoms with E-state index in [0.717, 1.165) is 4.47 Å². The van der Waals surface area contributed by atoms with Crippen LogP contribution in [0.5, 0.6) is 5.75 Å². The van der Waals surface area contributed by atoms with Gasteiger partial charge in [0.25, 0.3) is 5.91 Å². The number of furan rings is 1. The Morgan fingerprint density at radius 2 is 2.18 bits per heavy atom. The number of benzene rings is 1. The van der Waals surface area contributed by atoms with Crippen LogP contribution in [0.3, 0.4) is 0 Å². The molecule has 28 heavy (non-hydrogen) atoms.